The zero-order valence-electron chi connectivity index (χ0n) is 28.0. The number of nitrogens with zero attached hydrogens (tertiary/aromatic N) is 4. The van der Waals surface area contributed by atoms with Gasteiger partial charge in [0.15, 0.2) is 5.82 Å². The summed E-state index contributed by atoms with van der Waals surface area (Å²) in [5.41, 5.74) is 10.3. The highest BCUT2D eigenvalue weighted by atomic mass is 16.5. The minimum atomic E-state index is -0.936. The predicted octanol–water partition coefficient (Wildman–Crippen LogP) is 6.60. The number of amides is 1. The number of esters is 1. The highest BCUT2D eigenvalue weighted by Gasteiger charge is 2.29. The molecular weight excluding hydrogens is 588 g/mol. The van der Waals surface area contributed by atoms with Gasteiger partial charge in [-0.25, -0.2) is 14.5 Å². The molecule has 1 saturated heterocycles. The molecule has 1 aliphatic heterocycles. The third-order valence-corrected chi connectivity index (χ3v) is 9.97. The van der Waals surface area contributed by atoms with Crippen molar-refractivity contribution in [1.82, 2.24) is 19.7 Å². The summed E-state index contributed by atoms with van der Waals surface area (Å²) in [6.45, 7) is 9.31. The van der Waals surface area contributed by atoms with E-state index in [0.29, 0.717) is 49.3 Å². The van der Waals surface area contributed by atoms with Gasteiger partial charge in [-0.2, -0.15) is 5.10 Å². The summed E-state index contributed by atoms with van der Waals surface area (Å²) in [7, 11) is 0. The lowest BCUT2D eigenvalue weighted by molar-refractivity contribution is -0.140. The first-order chi connectivity index (χ1) is 22.8. The molecule has 1 fully saturated rings. The quantitative estimate of drug-likeness (QED) is 0.198. The molecule has 1 amide bonds. The van der Waals surface area contributed by atoms with Crippen LogP contribution in [0.2, 0.25) is 0 Å². The Morgan fingerprint density at radius 1 is 1.00 bits per heavy atom. The molecule has 0 saturated carbocycles. The SMILES string of the molecule is CCOC(=O)c1cnn(-c2cccc(-c3cccc4c3C(Cc3ccc(C5CCN(C(=O)[C@H](C)O)CC5)c(CC)c3)CC4)n2)c1CC. The number of hydrogen-bond donors (Lipinski definition) is 1. The van der Waals surface area contributed by atoms with Crippen LogP contribution >= 0.6 is 0 Å². The van der Waals surface area contributed by atoms with E-state index in [-0.39, 0.29) is 11.9 Å². The van der Waals surface area contributed by atoms with E-state index in [1.165, 1.54) is 27.8 Å². The van der Waals surface area contributed by atoms with E-state index in [4.69, 9.17) is 9.72 Å². The van der Waals surface area contributed by atoms with E-state index in [0.717, 1.165) is 55.5 Å². The number of carbonyl (C=O) groups is 2. The molecule has 0 spiro atoms. The van der Waals surface area contributed by atoms with Crippen molar-refractivity contribution < 1.29 is 19.4 Å². The fourth-order valence-corrected chi connectivity index (χ4v) is 7.65. The van der Waals surface area contributed by atoms with Gasteiger partial charge in [0.25, 0.3) is 5.91 Å². The molecule has 1 N–H and O–H groups in total. The van der Waals surface area contributed by atoms with Crippen molar-refractivity contribution in [3.63, 3.8) is 0 Å². The Labute approximate surface area is 277 Å². The molecule has 1 aliphatic carbocycles. The van der Waals surface area contributed by atoms with E-state index in [2.05, 4.69) is 54.5 Å². The summed E-state index contributed by atoms with van der Waals surface area (Å²) >= 11 is 0. The molecule has 8 nitrogen and oxygen atoms in total. The lowest BCUT2D eigenvalue weighted by Crippen LogP contribution is -2.42. The van der Waals surface area contributed by atoms with Crippen molar-refractivity contribution in [2.45, 2.75) is 90.6 Å². The summed E-state index contributed by atoms with van der Waals surface area (Å²) in [5, 5.41) is 14.3. The maximum absolute atomic E-state index is 12.5. The Hall–Kier alpha value is -4.30. The number of piperidine rings is 1. The number of aliphatic hydroxyl groups is 1. The monoisotopic (exact) mass is 634 g/mol. The summed E-state index contributed by atoms with van der Waals surface area (Å²) in [6.07, 6.45) is 7.24. The van der Waals surface area contributed by atoms with Crippen molar-refractivity contribution in [3.05, 3.63) is 99.9 Å². The minimum absolute atomic E-state index is 0.164. The van der Waals surface area contributed by atoms with Crippen LogP contribution in [0.1, 0.15) is 103 Å². The standard InChI is InChI=1S/C39H46N4O4/c1-5-27-22-26(14-17-31(27)28-18-20-42(21-19-28)38(45)25(4)44)23-30-16-15-29-10-8-11-32(37(29)30)34-12-9-13-36(41-34)43-35(6-2)33(24-40-43)39(46)47-7-3/h8-14,17,22,24-25,28,30,44H,5-7,15-16,18-21,23H2,1-4H3/t25-,30?/m0/s1. The summed E-state index contributed by atoms with van der Waals surface area (Å²) in [4.78, 5) is 31.7. The Balaban J connectivity index is 1.24. The van der Waals surface area contributed by atoms with Crippen molar-refractivity contribution in [1.29, 1.82) is 0 Å². The number of carbonyl (C=O) groups excluding carboxylic acids is 2. The minimum Gasteiger partial charge on any atom is -0.462 e. The summed E-state index contributed by atoms with van der Waals surface area (Å²) in [6, 6.07) is 19.7. The number of aryl methyl sites for hydroxylation is 2. The number of fused-ring (bicyclic) bond motifs is 1. The Kier molecular flexibility index (Phi) is 9.87. The zero-order chi connectivity index (χ0) is 33.1. The molecule has 2 aromatic heterocycles. The first kappa shape index (κ1) is 32.6. The zero-order valence-corrected chi connectivity index (χ0v) is 28.0. The first-order valence-electron chi connectivity index (χ1n) is 17.2. The third-order valence-electron chi connectivity index (χ3n) is 9.97. The van der Waals surface area contributed by atoms with Crippen molar-refractivity contribution >= 4 is 11.9 Å². The topological polar surface area (TPSA) is 97.6 Å². The Morgan fingerprint density at radius 2 is 1.79 bits per heavy atom. The molecule has 4 aromatic rings. The van der Waals surface area contributed by atoms with Gasteiger partial charge in [0.05, 0.1) is 24.2 Å². The predicted molar refractivity (Wildman–Crippen MR) is 183 cm³/mol. The third kappa shape index (κ3) is 6.61. The smallest absolute Gasteiger partial charge is 0.341 e. The van der Waals surface area contributed by atoms with Gasteiger partial charge in [0.2, 0.25) is 0 Å². The lowest BCUT2D eigenvalue weighted by atomic mass is 9.83. The molecule has 3 heterocycles. The molecule has 1 unspecified atom stereocenters. The van der Waals surface area contributed by atoms with Crippen LogP contribution in [0.3, 0.4) is 0 Å². The van der Waals surface area contributed by atoms with Crippen molar-refractivity contribution in [2.24, 2.45) is 0 Å². The number of aliphatic hydroxyl groups excluding tert-OH is 1. The maximum atomic E-state index is 12.5. The second-order valence-electron chi connectivity index (χ2n) is 12.9. The van der Waals surface area contributed by atoms with Crippen LogP contribution in [0.4, 0.5) is 0 Å². The fourth-order valence-electron chi connectivity index (χ4n) is 7.65. The van der Waals surface area contributed by atoms with Crippen molar-refractivity contribution in [2.75, 3.05) is 19.7 Å². The Bertz CT molecular complexity index is 1750. The van der Waals surface area contributed by atoms with E-state index in [1.807, 2.05) is 19.1 Å². The molecule has 6 rings (SSSR count). The highest BCUT2D eigenvalue weighted by Crippen LogP contribution is 2.42. The van der Waals surface area contributed by atoms with Crippen LogP contribution < -0.4 is 0 Å². The van der Waals surface area contributed by atoms with E-state index in [9.17, 15) is 14.7 Å². The van der Waals surface area contributed by atoms with Gasteiger partial charge in [-0.15, -0.1) is 0 Å². The van der Waals surface area contributed by atoms with E-state index >= 15 is 0 Å². The lowest BCUT2D eigenvalue weighted by Gasteiger charge is -2.34. The fraction of sp³-hybridized carbons (Fsp3) is 0.436. The number of benzene rings is 2. The number of likely N-dealkylation sites (tertiary alicyclic amines) is 1. The molecule has 246 valence electrons. The number of hydrogen-bond acceptors (Lipinski definition) is 6. The molecule has 47 heavy (non-hydrogen) atoms. The molecule has 0 bridgehead atoms. The van der Waals surface area contributed by atoms with Gasteiger partial charge in [0, 0.05) is 18.7 Å². The number of ether oxygens (including phenoxy) is 1. The van der Waals surface area contributed by atoms with Gasteiger partial charge in [-0.3, -0.25) is 4.79 Å². The normalized spacial score (nSPS) is 17.0. The van der Waals surface area contributed by atoms with Crippen LogP contribution in [0.5, 0.6) is 0 Å². The first-order valence-corrected chi connectivity index (χ1v) is 17.2. The van der Waals surface area contributed by atoms with E-state index < -0.39 is 6.10 Å². The van der Waals surface area contributed by atoms with Crippen LogP contribution in [-0.4, -0.2) is 62.4 Å². The maximum Gasteiger partial charge on any atom is 0.341 e. The number of rotatable bonds is 10. The van der Waals surface area contributed by atoms with Crippen LogP contribution in [-0.2, 0) is 35.2 Å². The largest absolute Gasteiger partial charge is 0.462 e. The average molecular weight is 635 g/mol. The molecule has 2 atom stereocenters. The second kappa shape index (κ2) is 14.2. The van der Waals surface area contributed by atoms with Gasteiger partial charge in [0.1, 0.15) is 11.7 Å². The van der Waals surface area contributed by atoms with Gasteiger partial charge < -0.3 is 14.7 Å². The molecule has 8 heteroatoms. The second-order valence-corrected chi connectivity index (χ2v) is 12.9. The molecule has 0 radical (unpaired) electrons. The average Bonchev–Trinajstić information content (AvgIpc) is 3.72. The van der Waals surface area contributed by atoms with E-state index in [1.54, 1.807) is 29.6 Å². The van der Waals surface area contributed by atoms with Crippen LogP contribution in [0.15, 0.2) is 60.8 Å². The van der Waals surface area contributed by atoms with Gasteiger partial charge >= 0.3 is 5.97 Å². The number of aromatic nitrogens is 3. The van der Waals surface area contributed by atoms with Gasteiger partial charge in [-0.1, -0.05) is 56.3 Å². The highest BCUT2D eigenvalue weighted by molar-refractivity contribution is 5.90. The summed E-state index contributed by atoms with van der Waals surface area (Å²) in [5.74, 6) is 0.993. The number of pyridine rings is 1. The van der Waals surface area contributed by atoms with Gasteiger partial charge in [-0.05, 0) is 111 Å². The Morgan fingerprint density at radius 3 is 2.51 bits per heavy atom. The van der Waals surface area contributed by atoms with Crippen molar-refractivity contribution in [3.8, 4) is 17.1 Å². The van der Waals surface area contributed by atoms with Crippen LogP contribution in [0.25, 0.3) is 17.1 Å². The van der Waals surface area contributed by atoms with Crippen LogP contribution in [0, 0.1) is 0 Å². The molecule has 2 aromatic carbocycles. The molecular formula is C39H46N4O4. The summed E-state index contributed by atoms with van der Waals surface area (Å²) < 4.78 is 7.02. The molecule has 2 aliphatic rings.